The fraction of sp³-hybridized carbons (Fsp3) is 0.538. The third kappa shape index (κ3) is 2.74. The molecule has 1 aromatic carbocycles. The van der Waals surface area contributed by atoms with Crippen LogP contribution in [0, 0.1) is 11.7 Å². The minimum absolute atomic E-state index is 0.127. The molecule has 2 rings (SSSR count). The summed E-state index contributed by atoms with van der Waals surface area (Å²) in [5, 5.41) is 3.91. The molecule has 0 radical (unpaired) electrons. The van der Waals surface area contributed by atoms with Gasteiger partial charge in [-0.05, 0) is 62.4 Å². The van der Waals surface area contributed by atoms with Gasteiger partial charge in [0.15, 0.2) is 0 Å². The first-order chi connectivity index (χ1) is 7.69. The molecule has 16 heavy (non-hydrogen) atoms. The van der Waals surface area contributed by atoms with E-state index in [4.69, 9.17) is 11.6 Å². The van der Waals surface area contributed by atoms with Gasteiger partial charge in [-0.3, -0.25) is 0 Å². The second kappa shape index (κ2) is 5.15. The normalized spacial score (nSPS) is 24.9. The van der Waals surface area contributed by atoms with Crippen LogP contribution in [0.3, 0.4) is 0 Å². The zero-order valence-electron chi connectivity index (χ0n) is 9.47. The van der Waals surface area contributed by atoms with Gasteiger partial charge in [-0.25, -0.2) is 4.39 Å². The highest BCUT2D eigenvalue weighted by atomic mass is 35.5. The zero-order valence-corrected chi connectivity index (χ0v) is 10.2. The molecule has 2 atom stereocenters. The van der Waals surface area contributed by atoms with Crippen LogP contribution in [-0.2, 0) is 6.42 Å². The summed E-state index contributed by atoms with van der Waals surface area (Å²) in [5.41, 5.74) is 0.759. The summed E-state index contributed by atoms with van der Waals surface area (Å²) in [6.07, 6.45) is 4.33. The molecule has 0 spiro atoms. The summed E-state index contributed by atoms with van der Waals surface area (Å²) in [5.74, 6) is 0.461. The second-order valence-corrected chi connectivity index (χ2v) is 5.04. The van der Waals surface area contributed by atoms with Crippen LogP contribution in [0.25, 0.3) is 0 Å². The summed E-state index contributed by atoms with van der Waals surface area (Å²) in [7, 11) is 1.99. The fourth-order valence-electron chi connectivity index (χ4n) is 2.53. The molecule has 1 saturated carbocycles. The minimum atomic E-state index is -0.127. The van der Waals surface area contributed by atoms with Crippen LogP contribution in [-0.4, -0.2) is 13.1 Å². The van der Waals surface area contributed by atoms with Gasteiger partial charge in [0.1, 0.15) is 5.82 Å². The van der Waals surface area contributed by atoms with Gasteiger partial charge in [-0.2, -0.15) is 0 Å². The monoisotopic (exact) mass is 241 g/mol. The van der Waals surface area contributed by atoms with Gasteiger partial charge in [0, 0.05) is 11.1 Å². The molecule has 1 fully saturated rings. The molecule has 0 heterocycles. The Hall–Kier alpha value is -0.600. The molecule has 0 bridgehead atoms. The summed E-state index contributed by atoms with van der Waals surface area (Å²) < 4.78 is 13.5. The molecule has 1 aliphatic carbocycles. The van der Waals surface area contributed by atoms with Crippen molar-refractivity contribution >= 4 is 11.6 Å². The Morgan fingerprint density at radius 3 is 2.94 bits per heavy atom. The first kappa shape index (κ1) is 11.9. The average molecular weight is 242 g/mol. The van der Waals surface area contributed by atoms with Crippen LogP contribution in [0.15, 0.2) is 18.2 Å². The van der Waals surface area contributed by atoms with Crippen molar-refractivity contribution in [2.24, 2.45) is 5.92 Å². The summed E-state index contributed by atoms with van der Waals surface area (Å²) >= 11 is 5.88. The van der Waals surface area contributed by atoms with E-state index in [2.05, 4.69) is 5.32 Å². The van der Waals surface area contributed by atoms with Gasteiger partial charge in [-0.1, -0.05) is 11.6 Å². The van der Waals surface area contributed by atoms with Crippen LogP contribution in [0.5, 0.6) is 0 Å². The summed E-state index contributed by atoms with van der Waals surface area (Å²) in [6, 6.07) is 5.42. The third-order valence-corrected chi connectivity index (χ3v) is 3.70. The van der Waals surface area contributed by atoms with E-state index in [9.17, 15) is 4.39 Å². The molecule has 0 saturated heterocycles. The fourth-order valence-corrected chi connectivity index (χ4v) is 2.73. The number of benzene rings is 1. The van der Waals surface area contributed by atoms with Crippen molar-refractivity contribution in [1.82, 2.24) is 5.32 Å². The van der Waals surface area contributed by atoms with Gasteiger partial charge in [0.2, 0.25) is 0 Å². The van der Waals surface area contributed by atoms with E-state index in [-0.39, 0.29) is 5.82 Å². The highest BCUT2D eigenvalue weighted by Crippen LogP contribution is 2.29. The van der Waals surface area contributed by atoms with Crippen LogP contribution >= 0.6 is 11.6 Å². The molecular formula is C13H17ClFN. The van der Waals surface area contributed by atoms with E-state index in [1.54, 1.807) is 12.1 Å². The first-order valence-corrected chi connectivity index (χ1v) is 6.18. The van der Waals surface area contributed by atoms with E-state index in [1.807, 2.05) is 7.05 Å². The van der Waals surface area contributed by atoms with Crippen molar-refractivity contribution in [1.29, 1.82) is 0 Å². The Balaban J connectivity index is 2.01. The number of halogens is 2. The number of nitrogens with one attached hydrogen (secondary N) is 1. The SMILES string of the molecule is CNC1CCC(Cc2cc(Cl)ccc2F)C1. The van der Waals surface area contributed by atoms with Crippen LogP contribution < -0.4 is 5.32 Å². The van der Waals surface area contributed by atoms with Crippen molar-refractivity contribution in [3.63, 3.8) is 0 Å². The van der Waals surface area contributed by atoms with E-state index in [0.717, 1.165) is 18.4 Å². The van der Waals surface area contributed by atoms with E-state index >= 15 is 0 Å². The molecule has 0 aliphatic heterocycles. The van der Waals surface area contributed by atoms with E-state index in [0.29, 0.717) is 17.0 Å². The lowest BCUT2D eigenvalue weighted by atomic mass is 9.97. The smallest absolute Gasteiger partial charge is 0.126 e. The molecular weight excluding hydrogens is 225 g/mol. The Morgan fingerprint density at radius 1 is 1.44 bits per heavy atom. The third-order valence-electron chi connectivity index (χ3n) is 3.47. The summed E-state index contributed by atoms with van der Waals surface area (Å²) in [4.78, 5) is 0. The maximum Gasteiger partial charge on any atom is 0.126 e. The van der Waals surface area contributed by atoms with Crippen molar-refractivity contribution in [3.8, 4) is 0 Å². The summed E-state index contributed by atoms with van der Waals surface area (Å²) in [6.45, 7) is 0. The zero-order chi connectivity index (χ0) is 11.5. The predicted octanol–water partition coefficient (Wildman–Crippen LogP) is 3.41. The van der Waals surface area contributed by atoms with E-state index in [1.165, 1.54) is 18.9 Å². The van der Waals surface area contributed by atoms with Gasteiger partial charge < -0.3 is 5.32 Å². The molecule has 1 N–H and O–H groups in total. The van der Waals surface area contributed by atoms with Gasteiger partial charge in [-0.15, -0.1) is 0 Å². The highest BCUT2D eigenvalue weighted by Gasteiger charge is 2.24. The van der Waals surface area contributed by atoms with Crippen molar-refractivity contribution < 1.29 is 4.39 Å². The lowest BCUT2D eigenvalue weighted by Crippen LogP contribution is -2.21. The minimum Gasteiger partial charge on any atom is -0.317 e. The topological polar surface area (TPSA) is 12.0 Å². The molecule has 1 aliphatic rings. The molecule has 0 aromatic heterocycles. The Kier molecular flexibility index (Phi) is 3.82. The van der Waals surface area contributed by atoms with E-state index < -0.39 is 0 Å². The molecule has 3 heteroatoms. The average Bonchev–Trinajstić information content (AvgIpc) is 2.71. The Labute approximate surface area is 101 Å². The quantitative estimate of drug-likeness (QED) is 0.855. The molecule has 1 aromatic rings. The van der Waals surface area contributed by atoms with Crippen LogP contribution in [0.2, 0.25) is 5.02 Å². The maximum atomic E-state index is 13.5. The lowest BCUT2D eigenvalue weighted by molar-refractivity contribution is 0.496. The standard InChI is InChI=1S/C13H17ClFN/c1-16-12-4-2-9(7-12)6-10-8-11(14)3-5-13(10)15/h3,5,8-9,12,16H,2,4,6-7H2,1H3. The van der Waals surface area contributed by atoms with Gasteiger partial charge in [0.05, 0.1) is 0 Å². The van der Waals surface area contributed by atoms with Gasteiger partial charge in [0.25, 0.3) is 0 Å². The Bertz CT molecular complexity index is 367. The largest absolute Gasteiger partial charge is 0.317 e. The van der Waals surface area contributed by atoms with Crippen molar-refractivity contribution in [3.05, 3.63) is 34.6 Å². The maximum absolute atomic E-state index is 13.5. The molecule has 0 amide bonds. The predicted molar refractivity (Wildman–Crippen MR) is 65.3 cm³/mol. The van der Waals surface area contributed by atoms with Crippen LogP contribution in [0.1, 0.15) is 24.8 Å². The number of hydrogen-bond acceptors (Lipinski definition) is 1. The highest BCUT2D eigenvalue weighted by molar-refractivity contribution is 6.30. The molecule has 2 unspecified atom stereocenters. The van der Waals surface area contributed by atoms with Crippen molar-refractivity contribution in [2.75, 3.05) is 7.05 Å². The number of hydrogen-bond donors (Lipinski definition) is 1. The first-order valence-electron chi connectivity index (χ1n) is 5.80. The second-order valence-electron chi connectivity index (χ2n) is 4.60. The number of rotatable bonds is 3. The lowest BCUT2D eigenvalue weighted by Gasteiger charge is -2.11. The van der Waals surface area contributed by atoms with Crippen LogP contribution in [0.4, 0.5) is 4.39 Å². The molecule has 1 nitrogen and oxygen atoms in total. The van der Waals surface area contributed by atoms with Gasteiger partial charge >= 0.3 is 0 Å². The van der Waals surface area contributed by atoms with Crippen molar-refractivity contribution in [2.45, 2.75) is 31.7 Å². The Morgan fingerprint density at radius 2 is 2.25 bits per heavy atom. The molecule has 88 valence electrons.